The van der Waals surface area contributed by atoms with Gasteiger partial charge in [-0.25, -0.2) is 0 Å². The Morgan fingerprint density at radius 1 is 0.776 bits per heavy atom. The fourth-order valence-corrected chi connectivity index (χ4v) is 10.2. The van der Waals surface area contributed by atoms with Crippen molar-refractivity contribution in [1.29, 1.82) is 0 Å². The fraction of sp³-hybridized carbons (Fsp3) is 0.271. The first kappa shape index (κ1) is 40.6. The maximum atomic E-state index is 14.0. The summed E-state index contributed by atoms with van der Waals surface area (Å²) in [6.07, 6.45) is 6.63. The molecule has 0 unspecified atom stereocenters. The highest BCUT2D eigenvalue weighted by Crippen LogP contribution is 2.45. The summed E-state index contributed by atoms with van der Waals surface area (Å²) in [7, 11) is 2.09. The molecule has 0 aliphatic carbocycles. The topological polar surface area (TPSA) is 102 Å². The lowest BCUT2D eigenvalue weighted by atomic mass is 9.86. The number of nitrogens with zero attached hydrogens (tertiary/aromatic N) is 3. The van der Waals surface area contributed by atoms with Crippen LogP contribution in [0.5, 0.6) is 0 Å². The molecule has 298 valence electrons. The number of fused-ring (bicyclic) bond motifs is 2. The number of hydrogen-bond donors (Lipinski definition) is 2. The summed E-state index contributed by atoms with van der Waals surface area (Å²) in [5.74, 6) is -0.440. The third-order valence-corrected chi connectivity index (χ3v) is 13.0. The number of nitrogens with one attached hydrogen (secondary N) is 2. The van der Waals surface area contributed by atoms with E-state index in [1.165, 1.54) is 5.70 Å². The second-order valence-corrected chi connectivity index (χ2v) is 17.3. The predicted molar refractivity (Wildman–Crippen MR) is 241 cm³/mol. The van der Waals surface area contributed by atoms with Crippen molar-refractivity contribution in [2.75, 3.05) is 32.0 Å². The highest BCUT2D eigenvalue weighted by Gasteiger charge is 2.33. The Bertz CT molecular complexity index is 2250. The SMILES string of the molecule is CCCN(CC(=O)Nc1ccc(C2=C(c3ccccc3)C3=CC(NC(=O)[C@@H]4CCCCN4C(=O)Cc4ccccc4)=IC=C(C3)N2C)cc1)C(=O)Cc1ccccc1. The molecule has 1 saturated heterocycles. The van der Waals surface area contributed by atoms with Gasteiger partial charge in [0.2, 0.25) is 23.6 Å². The molecule has 3 aliphatic rings. The summed E-state index contributed by atoms with van der Waals surface area (Å²) < 4.78 is 3.20. The third-order valence-electron chi connectivity index (χ3n) is 10.7. The van der Waals surface area contributed by atoms with Gasteiger partial charge in [-0.2, -0.15) is 0 Å². The standard InChI is InChI=1S/C48H50IN5O4/c1-3-26-53(44(56)28-34-15-7-4-8-16-34)33-43(55)50-39-24-22-37(23-25-39)47-46(36-19-11-6-12-20-36)38-30-40(52(47)2)32-49-42(31-38)51-48(58)41-21-13-14-27-54(41)45(57)29-35-17-9-5-10-18-35/h4-12,15-20,22-25,31-32,41H,3,13-14,21,26-30,33H2,1-2H3,(H,50,55)(H,51,58)/t41-/m0/s1. The molecular weight excluding hydrogens is 837 g/mol. The van der Waals surface area contributed by atoms with Crippen LogP contribution in [-0.4, -0.2) is 74.7 Å². The Morgan fingerprint density at radius 3 is 2.10 bits per heavy atom. The largest absolute Gasteiger partial charge is 0.346 e. The Balaban J connectivity index is 1.10. The highest BCUT2D eigenvalue weighted by molar-refractivity contribution is 14.2. The zero-order valence-electron chi connectivity index (χ0n) is 33.1. The molecule has 3 heterocycles. The monoisotopic (exact) mass is 887 g/mol. The summed E-state index contributed by atoms with van der Waals surface area (Å²) in [6, 6.07) is 37.0. The van der Waals surface area contributed by atoms with Crippen LogP contribution in [0.1, 0.15) is 61.3 Å². The lowest BCUT2D eigenvalue weighted by Gasteiger charge is -2.35. The number of carbonyl (C=O) groups excluding carboxylic acids is 4. The van der Waals surface area contributed by atoms with E-state index in [1.807, 2.05) is 110 Å². The molecule has 0 saturated carbocycles. The second-order valence-electron chi connectivity index (χ2n) is 14.9. The number of piperidine rings is 1. The van der Waals surface area contributed by atoms with Gasteiger partial charge < -0.3 is 25.3 Å². The summed E-state index contributed by atoms with van der Waals surface area (Å²) >= 11 is -0.693. The summed E-state index contributed by atoms with van der Waals surface area (Å²) in [5, 5.41) is 6.31. The molecular formula is C48H50IN5O4. The molecule has 58 heavy (non-hydrogen) atoms. The Labute approximate surface area is 351 Å². The van der Waals surface area contributed by atoms with Crippen molar-refractivity contribution in [3.63, 3.8) is 0 Å². The van der Waals surface area contributed by atoms with Crippen molar-refractivity contribution in [2.24, 2.45) is 0 Å². The van der Waals surface area contributed by atoms with Crippen LogP contribution in [0.15, 0.2) is 137 Å². The van der Waals surface area contributed by atoms with E-state index in [2.05, 4.69) is 44.9 Å². The van der Waals surface area contributed by atoms with Crippen molar-refractivity contribution < 1.29 is 19.2 Å². The van der Waals surface area contributed by atoms with Gasteiger partial charge in [-0.05, 0) is 75.8 Å². The lowest BCUT2D eigenvalue weighted by Crippen LogP contribution is -2.53. The van der Waals surface area contributed by atoms with Crippen LogP contribution in [0.4, 0.5) is 5.69 Å². The molecule has 2 bridgehead atoms. The van der Waals surface area contributed by atoms with E-state index in [-0.39, 0.29) is 43.0 Å². The van der Waals surface area contributed by atoms with Gasteiger partial charge in [0.25, 0.3) is 0 Å². The van der Waals surface area contributed by atoms with Gasteiger partial charge in [0.05, 0.1) is 28.7 Å². The molecule has 0 spiro atoms. The molecule has 1 fully saturated rings. The van der Waals surface area contributed by atoms with Crippen LogP contribution in [-0.2, 0) is 32.0 Å². The number of benzene rings is 4. The van der Waals surface area contributed by atoms with Crippen LogP contribution < -0.4 is 10.6 Å². The number of amides is 4. The van der Waals surface area contributed by atoms with Gasteiger partial charge in [0.1, 0.15) is 6.04 Å². The molecule has 0 aromatic heterocycles. The number of hydrogen-bond acceptors (Lipinski definition) is 5. The van der Waals surface area contributed by atoms with E-state index >= 15 is 0 Å². The molecule has 7 rings (SSSR count). The van der Waals surface area contributed by atoms with Crippen molar-refractivity contribution in [2.45, 2.75) is 57.9 Å². The van der Waals surface area contributed by atoms with E-state index in [0.29, 0.717) is 25.2 Å². The van der Waals surface area contributed by atoms with E-state index in [4.69, 9.17) is 0 Å². The molecule has 3 aliphatic heterocycles. The maximum Gasteiger partial charge on any atom is 0.247 e. The molecule has 2 N–H and O–H groups in total. The van der Waals surface area contributed by atoms with Crippen LogP contribution in [0.3, 0.4) is 0 Å². The minimum Gasteiger partial charge on any atom is -0.346 e. The molecule has 4 amide bonds. The molecule has 1 atom stereocenters. The second kappa shape index (κ2) is 19.2. The van der Waals surface area contributed by atoms with Gasteiger partial charge in [-0.3, -0.25) is 19.2 Å². The minimum atomic E-state index is -0.693. The maximum absolute atomic E-state index is 14.0. The van der Waals surface area contributed by atoms with Gasteiger partial charge in [-0.15, -0.1) is 0 Å². The number of rotatable bonds is 13. The number of anilines is 1. The van der Waals surface area contributed by atoms with Crippen molar-refractivity contribution in [3.8, 4) is 0 Å². The third kappa shape index (κ3) is 9.90. The van der Waals surface area contributed by atoms with Crippen LogP contribution in [0.2, 0.25) is 0 Å². The first-order valence-corrected chi connectivity index (χ1v) is 22.4. The van der Waals surface area contributed by atoms with E-state index in [1.54, 1.807) is 9.80 Å². The van der Waals surface area contributed by atoms with Crippen molar-refractivity contribution in [3.05, 3.63) is 159 Å². The summed E-state index contributed by atoms with van der Waals surface area (Å²) in [4.78, 5) is 59.5. The molecule has 10 heteroatoms. The molecule has 9 nitrogen and oxygen atoms in total. The smallest absolute Gasteiger partial charge is 0.247 e. The Hall–Kier alpha value is -5.62. The lowest BCUT2D eigenvalue weighted by molar-refractivity contribution is -0.141. The first-order valence-electron chi connectivity index (χ1n) is 20.1. The van der Waals surface area contributed by atoms with Crippen LogP contribution in [0, 0.1) is 0 Å². The molecule has 4 aromatic rings. The van der Waals surface area contributed by atoms with E-state index in [0.717, 1.165) is 68.4 Å². The van der Waals surface area contributed by atoms with E-state index < -0.39 is 26.8 Å². The number of allylic oxidation sites excluding steroid dienone is 2. The average molecular weight is 888 g/mol. The average Bonchev–Trinajstić information content (AvgIpc) is 3.43. The summed E-state index contributed by atoms with van der Waals surface area (Å²) in [5.41, 5.74) is 8.99. The van der Waals surface area contributed by atoms with Crippen LogP contribution in [0.25, 0.3) is 11.3 Å². The zero-order valence-corrected chi connectivity index (χ0v) is 35.3. The van der Waals surface area contributed by atoms with Gasteiger partial charge in [-0.1, -0.05) is 131 Å². The van der Waals surface area contributed by atoms with E-state index in [9.17, 15) is 19.2 Å². The highest BCUT2D eigenvalue weighted by atomic mass is 127. The molecule has 4 aromatic carbocycles. The van der Waals surface area contributed by atoms with Gasteiger partial charge >= 0.3 is 0 Å². The summed E-state index contributed by atoms with van der Waals surface area (Å²) in [6.45, 7) is 3.07. The van der Waals surface area contributed by atoms with Crippen molar-refractivity contribution >= 4 is 64.9 Å². The number of carbonyl (C=O) groups is 4. The molecule has 0 radical (unpaired) electrons. The minimum absolute atomic E-state index is 0.0125. The number of halogens is 1. The normalized spacial score (nSPS) is 16.5. The predicted octanol–water partition coefficient (Wildman–Crippen LogP) is 7.93. The fourth-order valence-electron chi connectivity index (χ4n) is 7.84. The quantitative estimate of drug-likeness (QED) is 0.133. The van der Waals surface area contributed by atoms with Gasteiger partial charge in [0.15, 0.2) is 0 Å². The Kier molecular flexibility index (Phi) is 13.4. The van der Waals surface area contributed by atoms with Gasteiger partial charge in [0, 0.05) is 43.5 Å². The van der Waals surface area contributed by atoms with Crippen LogP contribution >= 0.6 is 20.7 Å². The van der Waals surface area contributed by atoms with Crippen molar-refractivity contribution in [1.82, 2.24) is 20.0 Å². The zero-order chi connectivity index (χ0) is 40.4. The Morgan fingerprint density at radius 2 is 1.43 bits per heavy atom. The number of likely N-dealkylation sites (tertiary alicyclic amines) is 1. The first-order chi connectivity index (χ1) is 28.3.